The molecule has 0 bridgehead atoms. The molecule has 0 radical (unpaired) electrons. The van der Waals surface area contributed by atoms with Crippen LogP contribution in [0.3, 0.4) is 0 Å². The highest BCUT2D eigenvalue weighted by atomic mass is 16.5. The van der Waals surface area contributed by atoms with Crippen LogP contribution in [-0.2, 0) is 11.3 Å². The van der Waals surface area contributed by atoms with Gasteiger partial charge in [0.05, 0.1) is 13.0 Å². The Morgan fingerprint density at radius 3 is 2.70 bits per heavy atom. The predicted molar refractivity (Wildman–Crippen MR) is 89.8 cm³/mol. The van der Waals surface area contributed by atoms with Gasteiger partial charge in [-0.2, -0.15) is 0 Å². The molecular weight excluding hydrogens is 292 g/mol. The van der Waals surface area contributed by atoms with Gasteiger partial charge in [0.1, 0.15) is 5.75 Å². The lowest BCUT2D eigenvalue weighted by molar-refractivity contribution is -0.122. The second kappa shape index (κ2) is 7.13. The fraction of sp³-hybridized carbons (Fsp3) is 0.333. The Kier molecular flexibility index (Phi) is 5.21. The quantitative estimate of drug-likeness (QED) is 0.890. The molecule has 1 aromatic carbocycles. The van der Waals surface area contributed by atoms with E-state index in [4.69, 9.17) is 4.74 Å². The number of hydrogen-bond donors (Lipinski definition) is 2. The van der Waals surface area contributed by atoms with Crippen molar-refractivity contribution in [3.05, 3.63) is 63.1 Å². The van der Waals surface area contributed by atoms with Gasteiger partial charge in [0.25, 0.3) is 5.56 Å². The van der Waals surface area contributed by atoms with Crippen LogP contribution in [0.1, 0.15) is 35.2 Å². The van der Waals surface area contributed by atoms with E-state index in [1.165, 1.54) is 0 Å². The molecule has 1 aromatic heterocycles. The van der Waals surface area contributed by atoms with Crippen LogP contribution in [0.2, 0.25) is 0 Å². The minimum atomic E-state index is -0.324. The van der Waals surface area contributed by atoms with E-state index in [9.17, 15) is 9.59 Å². The Labute approximate surface area is 135 Å². The number of ether oxygens (including phenoxy) is 1. The molecule has 2 aromatic rings. The van der Waals surface area contributed by atoms with Crippen molar-refractivity contribution < 1.29 is 9.53 Å². The van der Waals surface area contributed by atoms with Crippen molar-refractivity contribution in [1.82, 2.24) is 10.3 Å². The molecule has 0 fully saturated rings. The van der Waals surface area contributed by atoms with E-state index in [1.54, 1.807) is 7.11 Å². The number of aromatic nitrogens is 1. The number of pyridine rings is 1. The maximum absolute atomic E-state index is 12.3. The third kappa shape index (κ3) is 4.00. The van der Waals surface area contributed by atoms with E-state index in [0.717, 1.165) is 16.8 Å². The predicted octanol–water partition coefficient (Wildman–Crippen LogP) is 2.42. The molecule has 1 amide bonds. The van der Waals surface area contributed by atoms with Gasteiger partial charge in [-0.05, 0) is 50.1 Å². The molecule has 122 valence electrons. The van der Waals surface area contributed by atoms with E-state index in [2.05, 4.69) is 10.3 Å². The molecule has 2 rings (SSSR count). The number of aromatic amines is 1. The summed E-state index contributed by atoms with van der Waals surface area (Å²) < 4.78 is 5.18. The van der Waals surface area contributed by atoms with Gasteiger partial charge in [0, 0.05) is 17.8 Å². The Hall–Kier alpha value is -2.56. The topological polar surface area (TPSA) is 71.2 Å². The van der Waals surface area contributed by atoms with Crippen molar-refractivity contribution in [3.8, 4) is 5.75 Å². The van der Waals surface area contributed by atoms with Crippen LogP contribution in [0.4, 0.5) is 0 Å². The molecule has 23 heavy (non-hydrogen) atoms. The fourth-order valence-electron chi connectivity index (χ4n) is 2.49. The van der Waals surface area contributed by atoms with E-state index in [1.807, 2.05) is 51.1 Å². The average Bonchev–Trinajstić information content (AvgIpc) is 2.53. The van der Waals surface area contributed by atoms with Crippen LogP contribution < -0.4 is 15.6 Å². The van der Waals surface area contributed by atoms with Crippen LogP contribution in [-0.4, -0.2) is 18.0 Å². The molecule has 0 saturated heterocycles. The normalized spacial score (nSPS) is 11.8. The third-order valence-corrected chi connectivity index (χ3v) is 3.92. The number of carbonyl (C=O) groups excluding carboxylic acids is 1. The van der Waals surface area contributed by atoms with Gasteiger partial charge in [-0.1, -0.05) is 12.1 Å². The summed E-state index contributed by atoms with van der Waals surface area (Å²) in [4.78, 5) is 27.1. The molecule has 5 nitrogen and oxygen atoms in total. The van der Waals surface area contributed by atoms with Crippen molar-refractivity contribution in [2.24, 2.45) is 0 Å². The van der Waals surface area contributed by atoms with Crippen LogP contribution in [0.15, 0.2) is 35.1 Å². The SMILES string of the molecule is COc1cccc([C@H](C)C(=O)NCc2c(C)cc(C)[nH]c2=O)c1. The zero-order valence-electron chi connectivity index (χ0n) is 13.9. The lowest BCUT2D eigenvalue weighted by atomic mass is 10.00. The van der Waals surface area contributed by atoms with Gasteiger partial charge in [0.15, 0.2) is 0 Å². The molecule has 0 aliphatic rings. The Balaban J connectivity index is 2.09. The summed E-state index contributed by atoms with van der Waals surface area (Å²) in [6.45, 7) is 5.75. The van der Waals surface area contributed by atoms with Crippen LogP contribution in [0.5, 0.6) is 5.75 Å². The third-order valence-electron chi connectivity index (χ3n) is 3.92. The smallest absolute Gasteiger partial charge is 0.253 e. The van der Waals surface area contributed by atoms with Crippen molar-refractivity contribution >= 4 is 5.91 Å². The van der Waals surface area contributed by atoms with Gasteiger partial charge >= 0.3 is 0 Å². The van der Waals surface area contributed by atoms with Crippen LogP contribution in [0, 0.1) is 13.8 Å². The first-order valence-corrected chi connectivity index (χ1v) is 7.53. The first-order valence-electron chi connectivity index (χ1n) is 7.53. The number of nitrogens with one attached hydrogen (secondary N) is 2. The van der Waals surface area contributed by atoms with E-state index < -0.39 is 0 Å². The molecule has 0 aliphatic carbocycles. The fourth-order valence-corrected chi connectivity index (χ4v) is 2.49. The van der Waals surface area contributed by atoms with Crippen molar-refractivity contribution in [1.29, 1.82) is 0 Å². The molecule has 1 heterocycles. The number of carbonyl (C=O) groups is 1. The van der Waals surface area contributed by atoms with E-state index in [-0.39, 0.29) is 23.9 Å². The van der Waals surface area contributed by atoms with Crippen molar-refractivity contribution in [3.63, 3.8) is 0 Å². The largest absolute Gasteiger partial charge is 0.497 e. The molecule has 0 spiro atoms. The molecule has 0 aliphatic heterocycles. The first kappa shape index (κ1) is 16.8. The van der Waals surface area contributed by atoms with Crippen molar-refractivity contribution in [2.45, 2.75) is 33.2 Å². The van der Waals surface area contributed by atoms with Crippen LogP contribution in [0.25, 0.3) is 0 Å². The molecule has 5 heteroatoms. The molecular formula is C18H22N2O3. The Morgan fingerprint density at radius 1 is 1.30 bits per heavy atom. The number of amides is 1. The molecule has 1 atom stereocenters. The summed E-state index contributed by atoms with van der Waals surface area (Å²) in [7, 11) is 1.59. The Morgan fingerprint density at radius 2 is 2.04 bits per heavy atom. The van der Waals surface area contributed by atoms with Gasteiger partial charge in [0.2, 0.25) is 5.91 Å². The second-order valence-electron chi connectivity index (χ2n) is 5.66. The standard InChI is InChI=1S/C18H22N2O3/c1-11-8-12(2)20-18(22)16(11)10-19-17(21)13(3)14-6-5-7-15(9-14)23-4/h5-9,13H,10H2,1-4H3,(H,19,21)(H,20,22)/t13-/m0/s1. The summed E-state index contributed by atoms with van der Waals surface area (Å²) in [6.07, 6.45) is 0. The lowest BCUT2D eigenvalue weighted by Crippen LogP contribution is -2.30. The zero-order valence-corrected chi connectivity index (χ0v) is 13.9. The minimum Gasteiger partial charge on any atom is -0.497 e. The van der Waals surface area contributed by atoms with Gasteiger partial charge in [-0.25, -0.2) is 0 Å². The number of aryl methyl sites for hydroxylation is 2. The number of rotatable bonds is 5. The second-order valence-corrected chi connectivity index (χ2v) is 5.66. The first-order chi connectivity index (χ1) is 10.9. The summed E-state index contributed by atoms with van der Waals surface area (Å²) >= 11 is 0. The number of H-pyrrole nitrogens is 1. The zero-order chi connectivity index (χ0) is 17.0. The summed E-state index contributed by atoms with van der Waals surface area (Å²) in [5, 5.41) is 2.84. The van der Waals surface area contributed by atoms with Crippen molar-refractivity contribution in [2.75, 3.05) is 7.11 Å². The maximum Gasteiger partial charge on any atom is 0.253 e. The summed E-state index contributed by atoms with van der Waals surface area (Å²) in [5.41, 5.74) is 2.99. The number of hydrogen-bond acceptors (Lipinski definition) is 3. The van der Waals surface area contributed by atoms with Gasteiger partial charge in [-0.15, -0.1) is 0 Å². The lowest BCUT2D eigenvalue weighted by Gasteiger charge is -2.14. The van der Waals surface area contributed by atoms with E-state index >= 15 is 0 Å². The van der Waals surface area contributed by atoms with Gasteiger partial charge in [-0.3, -0.25) is 9.59 Å². The van der Waals surface area contributed by atoms with Crippen LogP contribution >= 0.6 is 0 Å². The summed E-state index contributed by atoms with van der Waals surface area (Å²) in [6, 6.07) is 9.31. The highest BCUT2D eigenvalue weighted by molar-refractivity contribution is 5.83. The average molecular weight is 314 g/mol. The monoisotopic (exact) mass is 314 g/mol. The molecule has 0 unspecified atom stereocenters. The van der Waals surface area contributed by atoms with Gasteiger partial charge < -0.3 is 15.0 Å². The Bertz CT molecular complexity index is 765. The molecule has 2 N–H and O–H groups in total. The maximum atomic E-state index is 12.3. The highest BCUT2D eigenvalue weighted by Gasteiger charge is 2.16. The highest BCUT2D eigenvalue weighted by Crippen LogP contribution is 2.20. The molecule has 0 saturated carbocycles. The number of benzene rings is 1. The number of methoxy groups -OCH3 is 1. The minimum absolute atomic E-state index is 0.127. The summed E-state index contributed by atoms with van der Waals surface area (Å²) in [5.74, 6) is 0.264. The van der Waals surface area contributed by atoms with E-state index in [0.29, 0.717) is 11.3 Å².